The van der Waals surface area contributed by atoms with Gasteiger partial charge in [0.25, 0.3) is 0 Å². The Balaban J connectivity index is 2.97. The first-order chi connectivity index (χ1) is 5.15. The molecule has 11 heavy (non-hydrogen) atoms. The summed E-state index contributed by atoms with van der Waals surface area (Å²) in [5.41, 5.74) is 7.55. The minimum atomic E-state index is 0.419. The van der Waals surface area contributed by atoms with Crippen LogP contribution in [-0.2, 0) is 6.54 Å². The van der Waals surface area contributed by atoms with Crippen LogP contribution in [-0.4, -0.2) is 9.78 Å². The molecule has 0 aliphatic carbocycles. The van der Waals surface area contributed by atoms with E-state index in [4.69, 9.17) is 5.73 Å². The Hall–Kier alpha value is -0.990. The van der Waals surface area contributed by atoms with E-state index in [1.54, 1.807) is 0 Å². The largest absolute Gasteiger partial charge is 0.396 e. The summed E-state index contributed by atoms with van der Waals surface area (Å²) < 4.78 is 1.87. The summed E-state index contributed by atoms with van der Waals surface area (Å²) in [6, 6.07) is 0. The molecule has 1 rings (SSSR count). The molecule has 0 saturated carbocycles. The zero-order chi connectivity index (χ0) is 8.43. The van der Waals surface area contributed by atoms with Crippen LogP contribution in [0.15, 0.2) is 6.20 Å². The van der Waals surface area contributed by atoms with Crippen LogP contribution in [0.25, 0.3) is 0 Å². The number of aryl methyl sites for hydroxylation is 1. The average molecular weight is 153 g/mol. The highest BCUT2D eigenvalue weighted by Crippen LogP contribution is 2.18. The van der Waals surface area contributed by atoms with Gasteiger partial charge in [-0.1, -0.05) is 13.8 Å². The molecular formula is C8H15N3. The van der Waals surface area contributed by atoms with Crippen LogP contribution in [0.1, 0.15) is 32.4 Å². The van der Waals surface area contributed by atoms with Gasteiger partial charge in [0.2, 0.25) is 0 Å². The molecule has 0 fully saturated rings. The monoisotopic (exact) mass is 153 g/mol. The minimum Gasteiger partial charge on any atom is -0.396 e. The van der Waals surface area contributed by atoms with Crippen LogP contribution in [0, 0.1) is 0 Å². The third kappa shape index (κ3) is 1.53. The van der Waals surface area contributed by atoms with Gasteiger partial charge < -0.3 is 5.73 Å². The van der Waals surface area contributed by atoms with E-state index in [2.05, 4.69) is 25.9 Å². The number of aromatic nitrogens is 2. The van der Waals surface area contributed by atoms with Crippen molar-refractivity contribution in [2.75, 3.05) is 5.73 Å². The maximum atomic E-state index is 5.73. The quantitative estimate of drug-likeness (QED) is 0.701. The molecule has 1 aromatic heterocycles. The Kier molecular flexibility index (Phi) is 2.17. The third-order valence-corrected chi connectivity index (χ3v) is 1.69. The van der Waals surface area contributed by atoms with Gasteiger partial charge in [0.05, 0.1) is 11.4 Å². The van der Waals surface area contributed by atoms with Gasteiger partial charge >= 0.3 is 0 Å². The van der Waals surface area contributed by atoms with Gasteiger partial charge in [-0.05, 0) is 12.8 Å². The molecule has 0 aromatic carbocycles. The predicted octanol–water partition coefficient (Wildman–Crippen LogP) is 1.61. The topological polar surface area (TPSA) is 43.8 Å². The molecule has 1 aromatic rings. The summed E-state index contributed by atoms with van der Waals surface area (Å²) in [5.74, 6) is 0.419. The van der Waals surface area contributed by atoms with E-state index in [0.717, 1.165) is 17.9 Å². The summed E-state index contributed by atoms with van der Waals surface area (Å²) in [7, 11) is 0. The van der Waals surface area contributed by atoms with E-state index in [0.29, 0.717) is 5.92 Å². The third-order valence-electron chi connectivity index (χ3n) is 1.69. The van der Waals surface area contributed by atoms with E-state index in [9.17, 15) is 0 Å². The average Bonchev–Trinajstić information content (AvgIpc) is 2.30. The lowest BCUT2D eigenvalue weighted by atomic mass is 10.1. The van der Waals surface area contributed by atoms with Gasteiger partial charge in [-0.15, -0.1) is 0 Å². The molecule has 0 radical (unpaired) electrons. The Morgan fingerprint density at radius 2 is 2.27 bits per heavy atom. The van der Waals surface area contributed by atoms with Crippen LogP contribution < -0.4 is 5.73 Å². The Labute approximate surface area is 67.2 Å². The Morgan fingerprint density at radius 3 is 2.55 bits per heavy atom. The smallest absolute Gasteiger partial charge is 0.0879 e. The molecule has 1 heterocycles. The number of hydrogen-bond donors (Lipinski definition) is 1. The SMILES string of the molecule is CCn1cc(N)c(C(C)C)n1. The molecule has 0 unspecified atom stereocenters. The number of hydrogen-bond acceptors (Lipinski definition) is 2. The fraction of sp³-hybridized carbons (Fsp3) is 0.625. The molecule has 62 valence electrons. The van der Waals surface area contributed by atoms with Crippen LogP contribution in [0.4, 0.5) is 5.69 Å². The summed E-state index contributed by atoms with van der Waals surface area (Å²) in [4.78, 5) is 0. The highest BCUT2D eigenvalue weighted by Gasteiger charge is 2.07. The van der Waals surface area contributed by atoms with Gasteiger partial charge in [-0.2, -0.15) is 5.10 Å². The van der Waals surface area contributed by atoms with Crippen molar-refractivity contribution in [3.05, 3.63) is 11.9 Å². The normalized spacial score (nSPS) is 10.9. The highest BCUT2D eigenvalue weighted by atomic mass is 15.3. The van der Waals surface area contributed by atoms with E-state index in [1.165, 1.54) is 0 Å². The Morgan fingerprint density at radius 1 is 1.64 bits per heavy atom. The van der Waals surface area contributed by atoms with E-state index >= 15 is 0 Å². The molecule has 0 atom stereocenters. The maximum Gasteiger partial charge on any atom is 0.0879 e. The van der Waals surface area contributed by atoms with Crippen molar-refractivity contribution in [2.24, 2.45) is 0 Å². The number of nitrogens with zero attached hydrogens (tertiary/aromatic N) is 2. The van der Waals surface area contributed by atoms with Crippen molar-refractivity contribution in [1.82, 2.24) is 9.78 Å². The molecule has 2 N–H and O–H groups in total. The first-order valence-electron chi connectivity index (χ1n) is 3.98. The molecule has 0 aliphatic heterocycles. The second-order valence-electron chi connectivity index (χ2n) is 2.98. The molecule has 0 spiro atoms. The molecule has 0 amide bonds. The van der Waals surface area contributed by atoms with Gasteiger partial charge in [-0.25, -0.2) is 0 Å². The lowest BCUT2D eigenvalue weighted by Crippen LogP contribution is -1.97. The van der Waals surface area contributed by atoms with Crippen molar-refractivity contribution in [2.45, 2.75) is 33.2 Å². The second-order valence-corrected chi connectivity index (χ2v) is 2.98. The molecular weight excluding hydrogens is 138 g/mol. The fourth-order valence-corrected chi connectivity index (χ4v) is 1.06. The lowest BCUT2D eigenvalue weighted by molar-refractivity contribution is 0.635. The first kappa shape index (κ1) is 8.11. The Bertz CT molecular complexity index is 237. The van der Waals surface area contributed by atoms with Crippen LogP contribution in [0.2, 0.25) is 0 Å². The molecule has 0 bridgehead atoms. The van der Waals surface area contributed by atoms with Crippen molar-refractivity contribution < 1.29 is 0 Å². The molecule has 0 aliphatic rings. The van der Waals surface area contributed by atoms with Crippen molar-refractivity contribution in [3.8, 4) is 0 Å². The number of rotatable bonds is 2. The van der Waals surface area contributed by atoms with E-state index in [1.807, 2.05) is 10.9 Å². The maximum absolute atomic E-state index is 5.73. The van der Waals surface area contributed by atoms with E-state index in [-0.39, 0.29) is 0 Å². The highest BCUT2D eigenvalue weighted by molar-refractivity contribution is 5.42. The number of nitrogens with two attached hydrogens (primary N) is 1. The van der Waals surface area contributed by atoms with Gasteiger partial charge in [0, 0.05) is 12.7 Å². The number of nitrogen functional groups attached to an aromatic ring is 1. The van der Waals surface area contributed by atoms with Gasteiger partial charge in [-0.3, -0.25) is 4.68 Å². The summed E-state index contributed by atoms with van der Waals surface area (Å²) >= 11 is 0. The standard InChI is InChI=1S/C8H15N3/c1-4-11-5-7(9)8(10-11)6(2)3/h5-6H,4,9H2,1-3H3. The predicted molar refractivity (Wildman–Crippen MR) is 46.4 cm³/mol. The zero-order valence-corrected chi connectivity index (χ0v) is 7.33. The van der Waals surface area contributed by atoms with Gasteiger partial charge in [0.15, 0.2) is 0 Å². The lowest BCUT2D eigenvalue weighted by Gasteiger charge is -1.99. The van der Waals surface area contributed by atoms with Crippen molar-refractivity contribution >= 4 is 5.69 Å². The van der Waals surface area contributed by atoms with Crippen LogP contribution in [0.5, 0.6) is 0 Å². The van der Waals surface area contributed by atoms with Crippen LogP contribution in [0.3, 0.4) is 0 Å². The van der Waals surface area contributed by atoms with Crippen molar-refractivity contribution in [3.63, 3.8) is 0 Å². The molecule has 3 nitrogen and oxygen atoms in total. The van der Waals surface area contributed by atoms with Crippen molar-refractivity contribution in [1.29, 1.82) is 0 Å². The summed E-state index contributed by atoms with van der Waals surface area (Å²) in [6.45, 7) is 7.13. The minimum absolute atomic E-state index is 0.419. The summed E-state index contributed by atoms with van der Waals surface area (Å²) in [5, 5.41) is 4.32. The molecule has 0 saturated heterocycles. The summed E-state index contributed by atoms with van der Waals surface area (Å²) in [6.07, 6.45) is 1.88. The van der Waals surface area contributed by atoms with Gasteiger partial charge in [0.1, 0.15) is 0 Å². The first-order valence-corrected chi connectivity index (χ1v) is 3.98. The second kappa shape index (κ2) is 2.95. The van der Waals surface area contributed by atoms with E-state index < -0.39 is 0 Å². The zero-order valence-electron chi connectivity index (χ0n) is 7.33. The van der Waals surface area contributed by atoms with Crippen LogP contribution >= 0.6 is 0 Å². The number of anilines is 1. The molecule has 3 heteroatoms. The fourth-order valence-electron chi connectivity index (χ4n) is 1.06.